The van der Waals surface area contributed by atoms with Crippen molar-refractivity contribution in [2.75, 3.05) is 32.8 Å². The van der Waals surface area contributed by atoms with Crippen molar-refractivity contribution >= 4 is 11.8 Å². The van der Waals surface area contributed by atoms with Crippen LogP contribution in [0.2, 0.25) is 0 Å². The van der Waals surface area contributed by atoms with E-state index in [9.17, 15) is 9.59 Å². The Hall–Kier alpha value is -1.88. The number of hydrogen-bond donors (Lipinski definition) is 0. The maximum Gasteiger partial charge on any atom is 0.227 e. The lowest BCUT2D eigenvalue weighted by Crippen LogP contribution is -2.51. The molecule has 5 heteroatoms. The summed E-state index contributed by atoms with van der Waals surface area (Å²) in [7, 11) is 0. The molecule has 5 nitrogen and oxygen atoms in total. The molecule has 3 aliphatic rings. The van der Waals surface area contributed by atoms with Gasteiger partial charge in [0.15, 0.2) is 0 Å². The van der Waals surface area contributed by atoms with Crippen LogP contribution in [0.3, 0.4) is 0 Å². The van der Waals surface area contributed by atoms with Crippen LogP contribution in [-0.2, 0) is 14.3 Å². The second-order valence-corrected chi connectivity index (χ2v) is 8.61. The van der Waals surface area contributed by atoms with Gasteiger partial charge < -0.3 is 14.5 Å². The lowest BCUT2D eigenvalue weighted by molar-refractivity contribution is -0.147. The molecular formula is C23H32N2O3. The number of rotatable bonds is 3. The molecule has 3 fully saturated rings. The first-order chi connectivity index (χ1) is 13.6. The van der Waals surface area contributed by atoms with Crippen LogP contribution in [0.25, 0.3) is 0 Å². The van der Waals surface area contributed by atoms with Crippen molar-refractivity contribution < 1.29 is 14.3 Å². The molecule has 0 unspecified atom stereocenters. The van der Waals surface area contributed by atoms with Crippen molar-refractivity contribution in [3.8, 4) is 0 Å². The molecule has 0 N–H and O–H groups in total. The number of carbonyl (C=O) groups is 2. The van der Waals surface area contributed by atoms with Gasteiger partial charge in [0.1, 0.15) is 0 Å². The largest absolute Gasteiger partial charge is 0.378 e. The molecule has 0 aromatic heterocycles. The summed E-state index contributed by atoms with van der Waals surface area (Å²) < 4.78 is 5.39. The van der Waals surface area contributed by atoms with E-state index in [1.807, 2.05) is 4.90 Å². The minimum atomic E-state index is -0.0792. The minimum Gasteiger partial charge on any atom is -0.378 e. The second-order valence-electron chi connectivity index (χ2n) is 8.61. The monoisotopic (exact) mass is 384 g/mol. The highest BCUT2D eigenvalue weighted by Crippen LogP contribution is 2.38. The molecular weight excluding hydrogens is 352 g/mol. The summed E-state index contributed by atoms with van der Waals surface area (Å²) in [6.07, 6.45) is 6.01. The molecule has 28 heavy (non-hydrogen) atoms. The fraction of sp³-hybridized carbons (Fsp3) is 0.652. The normalized spacial score (nSPS) is 26.5. The number of carbonyl (C=O) groups excluding carboxylic acids is 2. The molecule has 0 bridgehead atoms. The first kappa shape index (κ1) is 19.4. The smallest absolute Gasteiger partial charge is 0.227 e. The van der Waals surface area contributed by atoms with Crippen molar-refractivity contribution in [3.05, 3.63) is 35.4 Å². The van der Waals surface area contributed by atoms with Gasteiger partial charge in [-0.15, -0.1) is 0 Å². The predicted octanol–water partition coefficient (Wildman–Crippen LogP) is 3.32. The van der Waals surface area contributed by atoms with E-state index < -0.39 is 0 Å². The summed E-state index contributed by atoms with van der Waals surface area (Å²) in [5, 5.41) is 0. The molecule has 4 rings (SSSR count). The summed E-state index contributed by atoms with van der Waals surface area (Å²) in [6.45, 7) is 5.25. The van der Waals surface area contributed by atoms with E-state index >= 15 is 0 Å². The van der Waals surface area contributed by atoms with Gasteiger partial charge in [0.05, 0.1) is 25.2 Å². The van der Waals surface area contributed by atoms with Gasteiger partial charge in [-0.3, -0.25) is 9.59 Å². The molecule has 0 spiro atoms. The van der Waals surface area contributed by atoms with Gasteiger partial charge in [-0.25, -0.2) is 0 Å². The second kappa shape index (κ2) is 8.64. The molecule has 1 aromatic rings. The Morgan fingerprint density at radius 2 is 1.71 bits per heavy atom. The Kier molecular flexibility index (Phi) is 6.00. The predicted molar refractivity (Wildman–Crippen MR) is 108 cm³/mol. The van der Waals surface area contributed by atoms with Crippen LogP contribution in [0.5, 0.6) is 0 Å². The number of morpholine rings is 1. The zero-order chi connectivity index (χ0) is 19.5. The SMILES string of the molecule is Cc1cccc([C@@H]2CC[C@H](C(=O)N3CCOCC3)CN2C(=O)C2CCCC2)c1. The van der Waals surface area contributed by atoms with Crippen LogP contribution in [0.4, 0.5) is 0 Å². The number of likely N-dealkylation sites (tertiary alicyclic amines) is 1. The first-order valence-corrected chi connectivity index (χ1v) is 10.9. The van der Waals surface area contributed by atoms with Gasteiger partial charge in [-0.2, -0.15) is 0 Å². The molecule has 1 aromatic carbocycles. The molecule has 1 aliphatic carbocycles. The van der Waals surface area contributed by atoms with Crippen molar-refractivity contribution in [2.24, 2.45) is 11.8 Å². The van der Waals surface area contributed by atoms with Crippen LogP contribution in [0.15, 0.2) is 24.3 Å². The Morgan fingerprint density at radius 3 is 2.43 bits per heavy atom. The number of aryl methyl sites for hydroxylation is 1. The average Bonchev–Trinajstić information content (AvgIpc) is 3.28. The van der Waals surface area contributed by atoms with Gasteiger partial charge >= 0.3 is 0 Å². The third kappa shape index (κ3) is 4.09. The summed E-state index contributed by atoms with van der Waals surface area (Å²) in [5.74, 6) is 0.535. The number of hydrogen-bond acceptors (Lipinski definition) is 3. The molecule has 152 valence electrons. The van der Waals surface area contributed by atoms with Crippen LogP contribution in [-0.4, -0.2) is 54.5 Å². The van der Waals surface area contributed by atoms with Gasteiger partial charge in [0.2, 0.25) is 11.8 Å². The topological polar surface area (TPSA) is 49.9 Å². The van der Waals surface area contributed by atoms with Crippen LogP contribution in [0, 0.1) is 18.8 Å². The fourth-order valence-corrected chi connectivity index (χ4v) is 5.09. The van der Waals surface area contributed by atoms with Gasteiger partial charge in [0, 0.05) is 25.6 Å². The number of ether oxygens (including phenoxy) is 1. The van der Waals surface area contributed by atoms with Gasteiger partial charge in [-0.1, -0.05) is 42.7 Å². The number of amides is 2. The van der Waals surface area contributed by atoms with Crippen LogP contribution < -0.4 is 0 Å². The third-order valence-electron chi connectivity index (χ3n) is 6.67. The summed E-state index contributed by atoms with van der Waals surface area (Å²) in [4.78, 5) is 30.4. The first-order valence-electron chi connectivity index (χ1n) is 10.9. The maximum atomic E-state index is 13.4. The Bertz CT molecular complexity index is 708. The average molecular weight is 385 g/mol. The van der Waals surface area contributed by atoms with E-state index in [0.717, 1.165) is 38.5 Å². The Balaban J connectivity index is 1.54. The van der Waals surface area contributed by atoms with Crippen molar-refractivity contribution in [3.63, 3.8) is 0 Å². The van der Waals surface area contributed by atoms with Gasteiger partial charge in [0.25, 0.3) is 0 Å². The van der Waals surface area contributed by atoms with E-state index in [2.05, 4.69) is 36.1 Å². The molecule has 2 aliphatic heterocycles. The molecule has 2 saturated heterocycles. The van der Waals surface area contributed by atoms with Gasteiger partial charge in [-0.05, 0) is 38.2 Å². The number of piperidine rings is 1. The Labute approximate surface area is 168 Å². The van der Waals surface area contributed by atoms with Crippen molar-refractivity contribution in [1.82, 2.24) is 9.80 Å². The highest BCUT2D eigenvalue weighted by molar-refractivity contribution is 5.83. The number of benzene rings is 1. The lowest BCUT2D eigenvalue weighted by atomic mass is 9.86. The Morgan fingerprint density at radius 1 is 0.964 bits per heavy atom. The molecule has 2 atom stereocenters. The zero-order valence-electron chi connectivity index (χ0n) is 16.9. The molecule has 2 heterocycles. The number of nitrogens with zero attached hydrogens (tertiary/aromatic N) is 2. The highest BCUT2D eigenvalue weighted by Gasteiger charge is 2.39. The van der Waals surface area contributed by atoms with E-state index in [4.69, 9.17) is 4.74 Å². The van der Waals surface area contributed by atoms with Crippen molar-refractivity contribution in [2.45, 2.75) is 51.5 Å². The summed E-state index contributed by atoms with van der Waals surface area (Å²) in [5.41, 5.74) is 2.43. The van der Waals surface area contributed by atoms with Crippen LogP contribution in [0.1, 0.15) is 55.7 Å². The summed E-state index contributed by atoms with van der Waals surface area (Å²) >= 11 is 0. The zero-order valence-corrected chi connectivity index (χ0v) is 16.9. The minimum absolute atomic E-state index is 0.0792. The molecule has 2 amide bonds. The van der Waals surface area contributed by atoms with E-state index in [1.165, 1.54) is 11.1 Å². The third-order valence-corrected chi connectivity index (χ3v) is 6.67. The standard InChI is InChI=1S/C23H32N2O3/c1-17-5-4-8-19(15-17)21-10-9-20(22(26)24-11-13-28-14-12-24)16-25(21)23(27)18-6-2-3-7-18/h4-5,8,15,18,20-21H,2-3,6-7,9-14,16H2,1H3/t20-,21-/m0/s1. The molecule has 0 radical (unpaired) electrons. The highest BCUT2D eigenvalue weighted by atomic mass is 16.5. The fourth-order valence-electron chi connectivity index (χ4n) is 5.09. The quantitative estimate of drug-likeness (QED) is 0.803. The van der Waals surface area contributed by atoms with E-state index in [1.54, 1.807) is 0 Å². The molecule has 1 saturated carbocycles. The lowest BCUT2D eigenvalue weighted by Gasteiger charge is -2.42. The van der Waals surface area contributed by atoms with Crippen LogP contribution >= 0.6 is 0 Å². The van der Waals surface area contributed by atoms with Crippen molar-refractivity contribution in [1.29, 1.82) is 0 Å². The van der Waals surface area contributed by atoms with E-state index in [-0.39, 0.29) is 29.7 Å². The summed E-state index contributed by atoms with van der Waals surface area (Å²) in [6, 6.07) is 8.61. The maximum absolute atomic E-state index is 13.4. The van der Waals surface area contributed by atoms with E-state index in [0.29, 0.717) is 32.8 Å².